The van der Waals surface area contributed by atoms with Crippen LogP contribution in [0.25, 0.3) is 0 Å². The number of benzene rings is 2. The molecule has 0 N–H and O–H groups in total. The Morgan fingerprint density at radius 2 is 1.14 bits per heavy atom. The second kappa shape index (κ2) is 10.0. The van der Waals surface area contributed by atoms with Crippen molar-refractivity contribution in [1.29, 1.82) is 0 Å². The molecule has 0 spiro atoms. The molecule has 0 amide bonds. The number of hydrogen-bond donors (Lipinski definition) is 0. The molecule has 152 valence electrons. The van der Waals surface area contributed by atoms with Gasteiger partial charge in [0.15, 0.2) is 0 Å². The van der Waals surface area contributed by atoms with Gasteiger partial charge in [0.2, 0.25) is 0 Å². The first kappa shape index (κ1) is 22.4. The van der Waals surface area contributed by atoms with Crippen molar-refractivity contribution in [3.8, 4) is 11.5 Å². The molecule has 0 aromatic heterocycles. The first-order valence-corrected chi connectivity index (χ1v) is 10.1. The Balaban J connectivity index is 2.54. The minimum absolute atomic E-state index is 0.393. The van der Waals surface area contributed by atoms with Crippen LogP contribution in [0, 0.1) is 13.8 Å². The minimum Gasteiger partial charge on any atom is -0.457 e. The van der Waals surface area contributed by atoms with Crippen molar-refractivity contribution in [1.82, 2.24) is 0 Å². The van der Waals surface area contributed by atoms with E-state index in [4.69, 9.17) is 9.47 Å². The zero-order chi connectivity index (χ0) is 21.6. The molecule has 0 saturated carbocycles. The number of hydrogen-bond acceptors (Lipinski definition) is 2. The molecule has 0 aliphatic rings. The van der Waals surface area contributed by atoms with E-state index in [0.29, 0.717) is 11.8 Å². The molecule has 29 heavy (non-hydrogen) atoms. The van der Waals surface area contributed by atoms with E-state index in [1.54, 1.807) is 0 Å². The van der Waals surface area contributed by atoms with Gasteiger partial charge in [0.25, 0.3) is 0 Å². The van der Waals surface area contributed by atoms with E-state index in [1.807, 2.05) is 0 Å². The molecule has 0 aliphatic carbocycles. The van der Waals surface area contributed by atoms with Crippen molar-refractivity contribution < 1.29 is 9.47 Å². The van der Waals surface area contributed by atoms with Crippen LogP contribution in [0.1, 0.15) is 72.9 Å². The van der Waals surface area contributed by atoms with Gasteiger partial charge in [-0.2, -0.15) is 0 Å². The predicted molar refractivity (Wildman–Crippen MR) is 122 cm³/mol. The summed E-state index contributed by atoms with van der Waals surface area (Å²) in [6, 6.07) is 8.78. The summed E-state index contributed by atoms with van der Waals surface area (Å²) < 4.78 is 11.4. The first-order chi connectivity index (χ1) is 13.8. The summed E-state index contributed by atoms with van der Waals surface area (Å²) in [5, 5.41) is 0. The zero-order valence-electron chi connectivity index (χ0n) is 18.6. The molecular formula is C27H32O2. The minimum atomic E-state index is 0.393. The molecule has 0 atom stereocenters. The molecule has 2 aromatic rings. The van der Waals surface area contributed by atoms with Crippen molar-refractivity contribution in [2.75, 3.05) is 0 Å². The van der Waals surface area contributed by atoms with E-state index in [0.717, 1.165) is 29.0 Å². The quantitative estimate of drug-likeness (QED) is 0.344. The van der Waals surface area contributed by atoms with Crippen LogP contribution >= 0.6 is 0 Å². The van der Waals surface area contributed by atoms with Crippen LogP contribution in [0.4, 0.5) is 0 Å². The molecule has 2 rings (SSSR count). The fourth-order valence-corrected chi connectivity index (χ4v) is 3.58. The van der Waals surface area contributed by atoms with Gasteiger partial charge in [-0.25, -0.2) is 0 Å². The van der Waals surface area contributed by atoms with E-state index < -0.39 is 0 Å². The van der Waals surface area contributed by atoms with Crippen LogP contribution in [0.5, 0.6) is 11.5 Å². The van der Waals surface area contributed by atoms with Gasteiger partial charge in [-0.05, 0) is 77.6 Å². The highest BCUT2D eigenvalue weighted by molar-refractivity contribution is 5.49. The van der Waals surface area contributed by atoms with Crippen molar-refractivity contribution in [2.45, 2.75) is 59.8 Å². The molecule has 0 fully saturated rings. The van der Waals surface area contributed by atoms with Crippen molar-refractivity contribution >= 4 is 0 Å². The third kappa shape index (κ3) is 5.55. The van der Waals surface area contributed by atoms with E-state index in [9.17, 15) is 0 Å². The van der Waals surface area contributed by atoms with Crippen LogP contribution in [0.15, 0.2) is 61.4 Å². The second-order valence-electron chi connectivity index (χ2n) is 8.00. The molecule has 2 aromatic carbocycles. The third-order valence-corrected chi connectivity index (χ3v) is 5.04. The molecule has 0 bridgehead atoms. The van der Waals surface area contributed by atoms with Gasteiger partial charge in [0, 0.05) is 0 Å². The first-order valence-electron chi connectivity index (χ1n) is 10.1. The zero-order valence-corrected chi connectivity index (χ0v) is 18.6. The normalized spacial score (nSPS) is 10.5. The predicted octanol–water partition coefficient (Wildman–Crippen LogP) is 7.50. The largest absolute Gasteiger partial charge is 0.457 e. The lowest BCUT2D eigenvalue weighted by atomic mass is 9.87. The van der Waals surface area contributed by atoms with Crippen molar-refractivity contribution in [2.24, 2.45) is 0 Å². The lowest BCUT2D eigenvalue weighted by Crippen LogP contribution is -2.04. The van der Waals surface area contributed by atoms with Crippen LogP contribution in [0.3, 0.4) is 0 Å². The summed E-state index contributed by atoms with van der Waals surface area (Å²) in [4.78, 5) is 0. The average molecular weight is 389 g/mol. The maximum atomic E-state index is 5.69. The molecule has 0 aliphatic heterocycles. The Labute approximate surface area is 175 Å². The van der Waals surface area contributed by atoms with Crippen LogP contribution < -0.4 is 9.47 Å². The molecule has 0 unspecified atom stereocenters. The van der Waals surface area contributed by atoms with Gasteiger partial charge in [0.05, 0.1) is 0 Å². The summed E-state index contributed by atoms with van der Waals surface area (Å²) in [5.74, 6) is 2.50. The monoisotopic (exact) mass is 388 g/mol. The van der Waals surface area contributed by atoms with E-state index >= 15 is 0 Å². The molecular weight excluding hydrogens is 356 g/mol. The number of rotatable bonds is 8. The maximum absolute atomic E-state index is 5.69. The third-order valence-electron chi connectivity index (χ3n) is 5.04. The smallest absolute Gasteiger partial charge is 0.133 e. The number of aryl methyl sites for hydroxylation is 2. The van der Waals surface area contributed by atoms with Crippen molar-refractivity contribution in [3.05, 3.63) is 94.8 Å². The summed E-state index contributed by atoms with van der Waals surface area (Å²) in [6.45, 7) is 20.2. The van der Waals surface area contributed by atoms with Gasteiger partial charge >= 0.3 is 0 Å². The molecule has 0 radical (unpaired) electrons. The molecule has 2 nitrogen and oxygen atoms in total. The van der Waals surface area contributed by atoms with E-state index in [-0.39, 0.29) is 0 Å². The summed E-state index contributed by atoms with van der Waals surface area (Å²) in [7, 11) is 0. The highest BCUT2D eigenvalue weighted by Gasteiger charge is 2.16. The van der Waals surface area contributed by atoms with E-state index in [2.05, 4.69) is 90.4 Å². The number of ether oxygens (including phenoxy) is 2. The second-order valence-corrected chi connectivity index (χ2v) is 8.00. The van der Waals surface area contributed by atoms with Gasteiger partial charge < -0.3 is 9.47 Å². The van der Waals surface area contributed by atoms with Gasteiger partial charge in [-0.3, -0.25) is 0 Å². The van der Waals surface area contributed by atoms with Crippen LogP contribution in [-0.4, -0.2) is 0 Å². The molecule has 2 heteroatoms. The summed E-state index contributed by atoms with van der Waals surface area (Å²) in [5.41, 5.74) is 12.8. The standard InChI is InChI=1S/C27H32O2/c1-9-11-28-26-16-24(18(3)4)22(13-20(26)7)15-23-14-21(8)27(29-12-10-2)17-25(23)19(5)6/h11-14,16-19H,1-2,15H2,3-8H3. The highest BCUT2D eigenvalue weighted by atomic mass is 16.5. The Morgan fingerprint density at radius 3 is 1.45 bits per heavy atom. The average Bonchev–Trinajstić information content (AvgIpc) is 2.66. The van der Waals surface area contributed by atoms with Gasteiger partial charge in [-0.1, -0.05) is 64.4 Å². The maximum Gasteiger partial charge on any atom is 0.133 e. The highest BCUT2D eigenvalue weighted by Crippen LogP contribution is 2.34. The Morgan fingerprint density at radius 1 is 0.759 bits per heavy atom. The Hall–Kier alpha value is -2.92. The molecule has 0 heterocycles. The Kier molecular flexibility index (Phi) is 7.74. The fraction of sp³-hybridized carbons (Fsp3) is 0.333. The van der Waals surface area contributed by atoms with Gasteiger partial charge in [0.1, 0.15) is 24.0 Å². The fourth-order valence-electron chi connectivity index (χ4n) is 3.58. The van der Waals surface area contributed by atoms with Crippen LogP contribution in [0.2, 0.25) is 0 Å². The topological polar surface area (TPSA) is 18.5 Å². The van der Waals surface area contributed by atoms with Gasteiger partial charge in [-0.15, -0.1) is 0 Å². The van der Waals surface area contributed by atoms with E-state index in [1.165, 1.54) is 34.8 Å². The summed E-state index contributed by atoms with van der Waals surface area (Å²) >= 11 is 0. The Bertz CT molecular complexity index is 887. The summed E-state index contributed by atoms with van der Waals surface area (Å²) in [6.07, 6.45) is 3.88. The lowest BCUT2D eigenvalue weighted by Gasteiger charge is -2.20. The SMILES string of the molecule is C=C=COc1cc(C(C)C)c(Cc2cc(C)c(OC=C=C)cc2C(C)C)cc1C. The molecule has 0 saturated heterocycles. The van der Waals surface area contributed by atoms with Crippen molar-refractivity contribution in [3.63, 3.8) is 0 Å². The van der Waals surface area contributed by atoms with Crippen LogP contribution in [-0.2, 0) is 6.42 Å². The lowest BCUT2D eigenvalue weighted by molar-refractivity contribution is 0.477.